The first-order valence-corrected chi connectivity index (χ1v) is 16.0. The van der Waals surface area contributed by atoms with Crippen LogP contribution in [0.3, 0.4) is 0 Å². The number of nitrogens with zero attached hydrogens (tertiary/aromatic N) is 2. The second-order valence-electron chi connectivity index (χ2n) is 12.0. The van der Waals surface area contributed by atoms with Crippen LogP contribution in [0.2, 0.25) is 0 Å². The van der Waals surface area contributed by atoms with Crippen molar-refractivity contribution in [3.8, 4) is 11.1 Å². The highest BCUT2D eigenvalue weighted by molar-refractivity contribution is 6.24. The lowest BCUT2D eigenvalue weighted by Gasteiger charge is -2.22. The van der Waals surface area contributed by atoms with Gasteiger partial charge in [-0.3, -0.25) is 14.4 Å². The highest BCUT2D eigenvalue weighted by atomic mass is 16.2. The molecule has 0 bridgehead atoms. The molecule has 0 atom stereocenters. The van der Waals surface area contributed by atoms with E-state index in [2.05, 4.69) is 17.0 Å². The summed E-state index contributed by atoms with van der Waals surface area (Å²) in [6.07, 6.45) is 11.2. The van der Waals surface area contributed by atoms with E-state index < -0.39 is 0 Å². The molecule has 0 saturated carbocycles. The van der Waals surface area contributed by atoms with E-state index in [1.165, 1.54) is 44.1 Å². The van der Waals surface area contributed by atoms with E-state index >= 15 is 0 Å². The van der Waals surface area contributed by atoms with Crippen LogP contribution in [-0.2, 0) is 9.59 Å². The molecule has 42 heavy (non-hydrogen) atoms. The molecular formula is C37H48N2O3. The standard InChI is InChI=1S/C37H48N2O3/c1-28-29(2)36(41)34(30(3)35(28)40)18-13-8-6-4-5-7-9-14-23-38-24-15-25-39(27-26-38)37(42)33-21-19-32(20-22-33)31-16-11-10-12-17-31/h10-12,16-17,19-22H,4-9,13-15,18,23-27H2,1-3H3. The fourth-order valence-corrected chi connectivity index (χ4v) is 6.17. The Balaban J connectivity index is 1.06. The topological polar surface area (TPSA) is 57.7 Å². The molecule has 1 fully saturated rings. The van der Waals surface area contributed by atoms with Gasteiger partial charge in [0.15, 0.2) is 11.6 Å². The second kappa shape index (κ2) is 15.8. The number of unbranched alkanes of at least 4 members (excludes halogenated alkanes) is 7. The van der Waals surface area contributed by atoms with E-state index in [1.807, 2.05) is 47.4 Å². The van der Waals surface area contributed by atoms with E-state index in [0.29, 0.717) is 16.7 Å². The number of Topliss-reactive ketones (excluding diaryl/α,β-unsaturated/α-hetero) is 2. The number of carbonyl (C=O) groups excluding carboxylic acids is 3. The minimum Gasteiger partial charge on any atom is -0.337 e. The maximum absolute atomic E-state index is 13.2. The van der Waals surface area contributed by atoms with Gasteiger partial charge in [0.05, 0.1) is 0 Å². The molecule has 5 nitrogen and oxygen atoms in total. The van der Waals surface area contributed by atoms with Crippen molar-refractivity contribution >= 4 is 17.5 Å². The lowest BCUT2D eigenvalue weighted by Crippen LogP contribution is -2.35. The number of amides is 1. The zero-order valence-electron chi connectivity index (χ0n) is 25.9. The predicted octanol–water partition coefficient (Wildman–Crippen LogP) is 7.82. The zero-order chi connectivity index (χ0) is 29.9. The van der Waals surface area contributed by atoms with Crippen molar-refractivity contribution in [1.82, 2.24) is 9.80 Å². The van der Waals surface area contributed by atoms with Crippen LogP contribution in [0.5, 0.6) is 0 Å². The predicted molar refractivity (Wildman–Crippen MR) is 171 cm³/mol. The number of rotatable bonds is 13. The molecule has 1 aliphatic carbocycles. The zero-order valence-corrected chi connectivity index (χ0v) is 25.9. The van der Waals surface area contributed by atoms with Gasteiger partial charge in [-0.1, -0.05) is 81.0 Å². The van der Waals surface area contributed by atoms with Crippen LogP contribution in [0.25, 0.3) is 11.1 Å². The van der Waals surface area contributed by atoms with Crippen LogP contribution in [0, 0.1) is 0 Å². The molecule has 0 spiro atoms. The van der Waals surface area contributed by atoms with Crippen molar-refractivity contribution in [2.75, 3.05) is 32.7 Å². The van der Waals surface area contributed by atoms with Crippen LogP contribution in [0.4, 0.5) is 0 Å². The summed E-state index contributed by atoms with van der Waals surface area (Å²) in [6.45, 7) is 10.1. The molecule has 1 saturated heterocycles. The Morgan fingerprint density at radius 3 is 1.90 bits per heavy atom. The number of allylic oxidation sites excluding steroid dienone is 4. The monoisotopic (exact) mass is 568 g/mol. The summed E-state index contributed by atoms with van der Waals surface area (Å²) in [6, 6.07) is 18.3. The maximum atomic E-state index is 13.2. The van der Waals surface area contributed by atoms with Gasteiger partial charge in [-0.05, 0) is 82.8 Å². The molecule has 0 N–H and O–H groups in total. The van der Waals surface area contributed by atoms with Gasteiger partial charge in [-0.2, -0.15) is 0 Å². The minimum absolute atomic E-state index is 0.0399. The minimum atomic E-state index is 0.0399. The van der Waals surface area contributed by atoms with Gasteiger partial charge >= 0.3 is 0 Å². The average Bonchev–Trinajstić information content (AvgIpc) is 3.27. The molecule has 0 aromatic heterocycles. The molecule has 5 heteroatoms. The molecule has 1 heterocycles. The number of hydrogen-bond acceptors (Lipinski definition) is 4. The van der Waals surface area contributed by atoms with Gasteiger partial charge in [0.25, 0.3) is 5.91 Å². The van der Waals surface area contributed by atoms with E-state index in [-0.39, 0.29) is 17.5 Å². The SMILES string of the molecule is CC1=C(C)C(=O)C(CCCCCCCCCCN2CCCN(C(=O)c3ccc(-c4ccccc4)cc3)CC2)=C(C)C1=O. The van der Waals surface area contributed by atoms with E-state index in [1.54, 1.807) is 20.8 Å². The Morgan fingerprint density at radius 1 is 0.619 bits per heavy atom. The molecule has 0 unspecified atom stereocenters. The summed E-state index contributed by atoms with van der Waals surface area (Å²) in [7, 11) is 0. The lowest BCUT2D eigenvalue weighted by atomic mass is 9.84. The van der Waals surface area contributed by atoms with Crippen LogP contribution < -0.4 is 0 Å². The van der Waals surface area contributed by atoms with Crippen molar-refractivity contribution in [1.29, 1.82) is 0 Å². The number of ketones is 2. The molecule has 0 radical (unpaired) electrons. The molecule has 1 amide bonds. The van der Waals surface area contributed by atoms with Gasteiger partial charge in [0.1, 0.15) is 0 Å². The molecule has 2 aromatic carbocycles. The van der Waals surface area contributed by atoms with Gasteiger partial charge in [0, 0.05) is 47.5 Å². The molecule has 2 aromatic rings. The quantitative estimate of drug-likeness (QED) is 0.183. The summed E-state index contributed by atoms with van der Waals surface area (Å²) in [5.41, 5.74) is 5.70. The number of benzene rings is 2. The van der Waals surface area contributed by atoms with E-state index in [4.69, 9.17) is 0 Å². The van der Waals surface area contributed by atoms with Gasteiger partial charge in [-0.25, -0.2) is 0 Å². The van der Waals surface area contributed by atoms with Crippen molar-refractivity contribution in [3.05, 3.63) is 82.5 Å². The number of carbonyl (C=O) groups is 3. The summed E-state index contributed by atoms with van der Waals surface area (Å²) in [5, 5.41) is 0. The molecular weight excluding hydrogens is 520 g/mol. The Hall–Kier alpha value is -3.31. The maximum Gasteiger partial charge on any atom is 0.253 e. The summed E-state index contributed by atoms with van der Waals surface area (Å²) in [4.78, 5) is 42.6. The van der Waals surface area contributed by atoms with Gasteiger partial charge < -0.3 is 9.80 Å². The fourth-order valence-electron chi connectivity index (χ4n) is 6.17. The third kappa shape index (κ3) is 8.38. The van der Waals surface area contributed by atoms with Crippen molar-refractivity contribution in [3.63, 3.8) is 0 Å². The third-order valence-electron chi connectivity index (χ3n) is 9.08. The normalized spacial score (nSPS) is 16.8. The highest BCUT2D eigenvalue weighted by Gasteiger charge is 2.27. The summed E-state index contributed by atoms with van der Waals surface area (Å²) < 4.78 is 0. The highest BCUT2D eigenvalue weighted by Crippen LogP contribution is 2.28. The van der Waals surface area contributed by atoms with Gasteiger partial charge in [-0.15, -0.1) is 0 Å². The smallest absolute Gasteiger partial charge is 0.253 e. The molecule has 2 aliphatic rings. The van der Waals surface area contributed by atoms with E-state index in [0.717, 1.165) is 75.1 Å². The Morgan fingerprint density at radius 2 is 1.21 bits per heavy atom. The molecule has 224 valence electrons. The van der Waals surface area contributed by atoms with Crippen molar-refractivity contribution < 1.29 is 14.4 Å². The van der Waals surface area contributed by atoms with Crippen molar-refractivity contribution in [2.24, 2.45) is 0 Å². The number of hydrogen-bond donors (Lipinski definition) is 0. The van der Waals surface area contributed by atoms with Crippen LogP contribution >= 0.6 is 0 Å². The summed E-state index contributed by atoms with van der Waals surface area (Å²) in [5.74, 6) is 0.254. The Kier molecular flexibility index (Phi) is 11.9. The first-order valence-electron chi connectivity index (χ1n) is 16.0. The molecule has 4 rings (SSSR count). The third-order valence-corrected chi connectivity index (χ3v) is 9.08. The summed E-state index contributed by atoms with van der Waals surface area (Å²) >= 11 is 0. The fraction of sp³-hybridized carbons (Fsp3) is 0.486. The second-order valence-corrected chi connectivity index (χ2v) is 12.0. The Labute approximate surface area is 252 Å². The van der Waals surface area contributed by atoms with Gasteiger partial charge in [0.2, 0.25) is 0 Å². The van der Waals surface area contributed by atoms with Crippen LogP contribution in [0.15, 0.2) is 76.9 Å². The first-order chi connectivity index (χ1) is 20.4. The lowest BCUT2D eigenvalue weighted by molar-refractivity contribution is -0.116. The first kappa shape index (κ1) is 31.6. The average molecular weight is 569 g/mol. The molecule has 1 aliphatic heterocycles. The van der Waals surface area contributed by atoms with Crippen LogP contribution in [0.1, 0.15) is 95.3 Å². The Bertz CT molecular complexity index is 1290. The van der Waals surface area contributed by atoms with E-state index in [9.17, 15) is 14.4 Å². The van der Waals surface area contributed by atoms with Crippen molar-refractivity contribution in [2.45, 2.75) is 85.0 Å². The largest absolute Gasteiger partial charge is 0.337 e. The van der Waals surface area contributed by atoms with Crippen LogP contribution in [-0.4, -0.2) is 60.0 Å².